The van der Waals surface area contributed by atoms with Crippen LogP contribution in [0.2, 0.25) is 0 Å². The van der Waals surface area contributed by atoms with Gasteiger partial charge in [0.15, 0.2) is 0 Å². The summed E-state index contributed by atoms with van der Waals surface area (Å²) >= 11 is 0. The van der Waals surface area contributed by atoms with Crippen LogP contribution in [-0.4, -0.2) is 36.4 Å². The quantitative estimate of drug-likeness (QED) is 0.105. The van der Waals surface area contributed by atoms with Crippen LogP contribution in [0.15, 0.2) is 0 Å². The van der Waals surface area contributed by atoms with Crippen molar-refractivity contribution in [2.45, 2.75) is 103 Å². The molecule has 0 radical (unpaired) electrons. The van der Waals surface area contributed by atoms with Gasteiger partial charge in [0.05, 0.1) is 0 Å². The topological polar surface area (TPSA) is 58.2 Å². The van der Waals surface area contributed by atoms with Crippen molar-refractivity contribution < 1.29 is 9.59 Å². The van der Waals surface area contributed by atoms with Crippen LogP contribution in [-0.2, 0) is 9.59 Å². The summed E-state index contributed by atoms with van der Waals surface area (Å²) in [7, 11) is 4.09. The Bertz CT molecular complexity index is 493. The maximum Gasteiger partial charge on any atom is 0.295 e. The van der Waals surface area contributed by atoms with Crippen molar-refractivity contribution in [3.63, 3.8) is 0 Å². The molecule has 0 fully saturated rings. The third-order valence-corrected chi connectivity index (χ3v) is 7.80. The molecule has 0 aliphatic carbocycles. The summed E-state index contributed by atoms with van der Waals surface area (Å²) in [5, 5.41) is 5.41. The summed E-state index contributed by atoms with van der Waals surface area (Å²) in [5.41, 5.74) is 0. The Kier molecular flexibility index (Phi) is 25.0. The Morgan fingerprint density at radius 1 is 0.500 bits per heavy atom. The molecule has 0 aromatic carbocycles. The zero-order valence-electron chi connectivity index (χ0n) is 19.9. The molecule has 0 aliphatic rings. The van der Waals surface area contributed by atoms with E-state index < -0.39 is 0 Å². The Morgan fingerprint density at radius 3 is 1.09 bits per heavy atom. The second-order valence-corrected chi connectivity index (χ2v) is 10.8. The molecule has 0 aromatic rings. The van der Waals surface area contributed by atoms with Gasteiger partial charge in [-0.2, -0.15) is 0 Å². The number of hydrogen-bond donors (Lipinski definition) is 2. The van der Waals surface area contributed by atoms with E-state index in [2.05, 4.69) is 22.5 Å². The van der Waals surface area contributed by atoms with Gasteiger partial charge in [-0.05, 0) is 37.5 Å². The summed E-state index contributed by atoms with van der Waals surface area (Å²) in [6, 6.07) is 0. The van der Waals surface area contributed by atoms with Crippen LogP contribution in [0.1, 0.15) is 103 Å². The van der Waals surface area contributed by atoms with Crippen molar-refractivity contribution in [1.29, 1.82) is 0 Å². The molecule has 2 amide bonds. The van der Waals surface area contributed by atoms with E-state index >= 15 is 0 Å². The lowest BCUT2D eigenvalue weighted by Gasteiger charge is -2.04. The first kappa shape index (κ1) is 30.8. The Labute approximate surface area is 205 Å². The molecule has 32 heavy (non-hydrogen) atoms. The van der Waals surface area contributed by atoms with Crippen LogP contribution in [0.5, 0.6) is 0 Å². The van der Waals surface area contributed by atoms with E-state index in [1.54, 1.807) is 0 Å². The smallest absolute Gasteiger partial charge is 0.295 e. The van der Waals surface area contributed by atoms with Gasteiger partial charge >= 0.3 is 0 Å². The summed E-state index contributed by atoms with van der Waals surface area (Å²) in [4.78, 5) is 21.8. The van der Waals surface area contributed by atoms with Crippen molar-refractivity contribution in [1.82, 2.24) is 10.6 Å². The maximum atomic E-state index is 10.9. The average molecular weight is 481 g/mol. The van der Waals surface area contributed by atoms with Gasteiger partial charge in [-0.1, -0.05) is 98.6 Å². The zero-order valence-corrected chi connectivity index (χ0v) is 21.6. The van der Waals surface area contributed by atoms with Crippen molar-refractivity contribution in [3.05, 3.63) is 0 Å². The van der Waals surface area contributed by atoms with Crippen LogP contribution >= 0.6 is 21.6 Å². The number of nitrogens with one attached hydrogen (secondary N) is 2. The minimum Gasteiger partial charge on any atom is -0.345 e. The highest BCUT2D eigenvalue weighted by Gasteiger charge is 1.97. The van der Waals surface area contributed by atoms with Gasteiger partial charge < -0.3 is 10.6 Å². The zero-order chi connectivity index (χ0) is 23.5. The SMILES string of the molecule is C#CC(=O)NCCCCCCCCCCSSCCCCCCCCCCNC(=O)C#C. The van der Waals surface area contributed by atoms with Gasteiger partial charge in [-0.15, -0.1) is 12.8 Å². The van der Waals surface area contributed by atoms with Crippen LogP contribution < -0.4 is 10.6 Å². The van der Waals surface area contributed by atoms with Gasteiger partial charge in [0.25, 0.3) is 11.8 Å². The molecule has 0 rings (SSSR count). The summed E-state index contributed by atoms with van der Waals surface area (Å²) in [6.07, 6.45) is 30.2. The Morgan fingerprint density at radius 2 is 0.781 bits per heavy atom. The number of carbonyl (C=O) groups excluding carboxylic acids is 2. The summed E-state index contributed by atoms with van der Waals surface area (Å²) in [5.74, 6) is 6.09. The number of rotatable bonds is 23. The number of carbonyl (C=O) groups is 2. The van der Waals surface area contributed by atoms with E-state index in [-0.39, 0.29) is 11.8 Å². The Hall–Kier alpha value is -1.24. The largest absolute Gasteiger partial charge is 0.345 e. The molecule has 0 atom stereocenters. The standard InChI is InChI=1S/C26H44N2O2S2/c1-3-25(29)27-21-17-13-9-5-7-11-15-19-23-31-32-24-20-16-12-8-6-10-14-18-22-28-26(30)4-2/h1-2H,5-24H2,(H,27,29)(H,28,30). The molecular formula is C26H44N2O2S2. The lowest BCUT2D eigenvalue weighted by atomic mass is 10.1. The van der Waals surface area contributed by atoms with Crippen molar-refractivity contribution in [3.8, 4) is 24.7 Å². The van der Waals surface area contributed by atoms with Gasteiger partial charge in [-0.25, -0.2) is 0 Å². The molecule has 0 aromatic heterocycles. The first-order valence-electron chi connectivity index (χ1n) is 12.4. The van der Waals surface area contributed by atoms with Crippen LogP contribution in [0.4, 0.5) is 0 Å². The lowest BCUT2D eigenvalue weighted by Crippen LogP contribution is -2.22. The van der Waals surface area contributed by atoms with E-state index in [4.69, 9.17) is 12.8 Å². The molecule has 0 saturated carbocycles. The van der Waals surface area contributed by atoms with Crippen molar-refractivity contribution in [2.24, 2.45) is 0 Å². The first-order chi connectivity index (χ1) is 15.7. The van der Waals surface area contributed by atoms with Crippen LogP contribution in [0.3, 0.4) is 0 Å². The second-order valence-electron chi connectivity index (χ2n) is 8.10. The highest BCUT2D eigenvalue weighted by atomic mass is 33.1. The van der Waals surface area contributed by atoms with Crippen LogP contribution in [0.25, 0.3) is 0 Å². The van der Waals surface area contributed by atoms with E-state index in [1.807, 2.05) is 21.6 Å². The molecule has 0 spiro atoms. The fourth-order valence-electron chi connectivity index (χ4n) is 3.32. The van der Waals surface area contributed by atoms with Gasteiger partial charge in [0.2, 0.25) is 0 Å². The van der Waals surface area contributed by atoms with E-state index in [1.165, 1.54) is 101 Å². The monoisotopic (exact) mass is 480 g/mol. The minimum atomic E-state index is -0.300. The highest BCUT2D eigenvalue weighted by molar-refractivity contribution is 8.76. The van der Waals surface area contributed by atoms with E-state index in [0.29, 0.717) is 13.1 Å². The molecule has 0 heterocycles. The molecule has 0 bridgehead atoms. The summed E-state index contributed by atoms with van der Waals surface area (Å²) < 4.78 is 0. The van der Waals surface area contributed by atoms with Gasteiger partial charge in [0.1, 0.15) is 0 Å². The molecule has 0 unspecified atom stereocenters. The molecule has 0 aliphatic heterocycles. The number of hydrogen-bond acceptors (Lipinski definition) is 4. The molecule has 6 heteroatoms. The molecule has 4 nitrogen and oxygen atoms in total. The predicted octanol–water partition coefficient (Wildman–Crippen LogP) is 6.11. The van der Waals surface area contributed by atoms with Crippen molar-refractivity contribution in [2.75, 3.05) is 24.6 Å². The van der Waals surface area contributed by atoms with Crippen molar-refractivity contribution >= 4 is 33.4 Å². The third-order valence-electron chi connectivity index (χ3n) is 5.23. The average Bonchev–Trinajstić information content (AvgIpc) is 2.81. The fourth-order valence-corrected chi connectivity index (χ4v) is 5.61. The number of unbranched alkanes of at least 4 members (excludes halogenated alkanes) is 14. The number of amides is 2. The molecular weight excluding hydrogens is 436 g/mol. The van der Waals surface area contributed by atoms with Crippen LogP contribution in [0, 0.1) is 24.7 Å². The van der Waals surface area contributed by atoms with E-state index in [9.17, 15) is 9.59 Å². The van der Waals surface area contributed by atoms with E-state index in [0.717, 1.165) is 12.8 Å². The Balaban J connectivity index is 3.07. The third kappa shape index (κ3) is 25.0. The van der Waals surface area contributed by atoms with Gasteiger partial charge in [0, 0.05) is 24.6 Å². The predicted molar refractivity (Wildman–Crippen MR) is 142 cm³/mol. The van der Waals surface area contributed by atoms with Gasteiger partial charge in [-0.3, -0.25) is 9.59 Å². The molecule has 2 N–H and O–H groups in total. The second kappa shape index (κ2) is 26.0. The highest BCUT2D eigenvalue weighted by Crippen LogP contribution is 2.24. The number of terminal acetylenes is 2. The molecule has 182 valence electrons. The first-order valence-corrected chi connectivity index (χ1v) is 14.9. The summed E-state index contributed by atoms with van der Waals surface area (Å²) in [6.45, 7) is 1.41. The molecule has 0 saturated heterocycles. The fraction of sp³-hybridized carbons (Fsp3) is 0.769. The maximum absolute atomic E-state index is 10.9. The lowest BCUT2D eigenvalue weighted by molar-refractivity contribution is -0.116. The normalized spacial score (nSPS) is 10.3. The minimum absolute atomic E-state index is 0.300.